The van der Waals surface area contributed by atoms with E-state index in [4.69, 9.17) is 0 Å². The van der Waals surface area contributed by atoms with Gasteiger partial charge in [-0.1, -0.05) is 36.4 Å². The third-order valence-corrected chi connectivity index (χ3v) is 6.50. The molecular formula is C19H27N3O2S2. The van der Waals surface area contributed by atoms with E-state index in [1.54, 1.807) is 11.3 Å². The summed E-state index contributed by atoms with van der Waals surface area (Å²) in [7, 11) is -3.23. The molecular weight excluding hydrogens is 366 g/mol. The molecule has 2 atom stereocenters. The van der Waals surface area contributed by atoms with E-state index in [1.807, 2.05) is 19.1 Å². The van der Waals surface area contributed by atoms with Crippen molar-refractivity contribution >= 4 is 21.4 Å². The molecule has 0 unspecified atom stereocenters. The lowest BCUT2D eigenvalue weighted by Gasteiger charge is -2.41. The Balaban J connectivity index is 1.65. The van der Waals surface area contributed by atoms with Crippen LogP contribution < -0.4 is 4.72 Å². The Morgan fingerprint density at radius 1 is 1.08 bits per heavy atom. The molecule has 1 aliphatic rings. The Kier molecular flexibility index (Phi) is 6.47. The number of sulfonamides is 1. The van der Waals surface area contributed by atoms with Crippen LogP contribution in [0, 0.1) is 0 Å². The summed E-state index contributed by atoms with van der Waals surface area (Å²) in [4.78, 5) is 6.09. The van der Waals surface area contributed by atoms with Gasteiger partial charge in [-0.25, -0.2) is 13.1 Å². The summed E-state index contributed by atoms with van der Waals surface area (Å²) in [6.07, 6.45) is 1.23. The summed E-state index contributed by atoms with van der Waals surface area (Å²) in [5.41, 5.74) is 1.34. The van der Waals surface area contributed by atoms with Gasteiger partial charge in [-0.3, -0.25) is 9.80 Å². The van der Waals surface area contributed by atoms with Crippen LogP contribution in [0.25, 0.3) is 0 Å². The van der Waals surface area contributed by atoms with Crippen molar-refractivity contribution < 1.29 is 8.42 Å². The summed E-state index contributed by atoms with van der Waals surface area (Å²) < 4.78 is 26.2. The molecule has 7 heteroatoms. The molecule has 0 spiro atoms. The molecule has 0 amide bonds. The minimum atomic E-state index is -3.23. The molecule has 1 aromatic carbocycles. The third-order valence-electron chi connectivity index (χ3n) is 4.76. The zero-order chi connectivity index (χ0) is 18.6. The minimum Gasteiger partial charge on any atom is -0.297 e. The standard InChI is InChI=1S/C19H27N3O2S2/c1-16(20-26(2,23)24)19(18-9-6-14-25-18)22-12-10-21(11-13-22)15-17-7-4-3-5-8-17/h3-9,14,16,19-20H,10-13,15H2,1-2H3/t16-,19-/m0/s1. The zero-order valence-electron chi connectivity index (χ0n) is 15.3. The minimum absolute atomic E-state index is 0.0728. The maximum Gasteiger partial charge on any atom is 0.209 e. The molecule has 1 fully saturated rings. The molecule has 1 aliphatic heterocycles. The Hall–Kier alpha value is -1.25. The SMILES string of the molecule is C[C@H](NS(C)(=O)=O)[C@@H](c1cccs1)N1CCN(Cc2ccccc2)CC1. The summed E-state index contributed by atoms with van der Waals surface area (Å²) in [6, 6.07) is 14.6. The van der Waals surface area contributed by atoms with Crippen LogP contribution in [-0.2, 0) is 16.6 Å². The monoisotopic (exact) mass is 393 g/mol. The normalized spacial score (nSPS) is 19.3. The highest BCUT2D eigenvalue weighted by Gasteiger charge is 2.31. The number of hydrogen-bond donors (Lipinski definition) is 1. The molecule has 0 radical (unpaired) electrons. The van der Waals surface area contributed by atoms with Crippen LogP contribution >= 0.6 is 11.3 Å². The number of rotatable bonds is 7. The first kappa shape index (κ1) is 19.5. The average molecular weight is 394 g/mol. The van der Waals surface area contributed by atoms with Gasteiger partial charge in [0.05, 0.1) is 12.3 Å². The van der Waals surface area contributed by atoms with E-state index in [0.717, 1.165) is 32.7 Å². The third kappa shape index (κ3) is 5.37. The van der Waals surface area contributed by atoms with Gasteiger partial charge in [0, 0.05) is 43.6 Å². The van der Waals surface area contributed by atoms with Crippen molar-refractivity contribution in [3.8, 4) is 0 Å². The lowest BCUT2D eigenvalue weighted by molar-refractivity contribution is 0.0819. The fourth-order valence-corrected chi connectivity index (χ4v) is 5.41. The van der Waals surface area contributed by atoms with Crippen molar-refractivity contribution in [2.45, 2.75) is 25.6 Å². The molecule has 2 heterocycles. The van der Waals surface area contributed by atoms with Crippen LogP contribution in [0.15, 0.2) is 47.8 Å². The van der Waals surface area contributed by atoms with Crippen molar-refractivity contribution in [2.75, 3.05) is 32.4 Å². The maximum atomic E-state index is 11.7. The second kappa shape index (κ2) is 8.63. The first-order valence-corrected chi connectivity index (χ1v) is 11.7. The topological polar surface area (TPSA) is 52.7 Å². The predicted molar refractivity (Wildman–Crippen MR) is 108 cm³/mol. The van der Waals surface area contributed by atoms with Crippen LogP contribution in [0.4, 0.5) is 0 Å². The first-order valence-electron chi connectivity index (χ1n) is 8.93. The molecule has 0 saturated carbocycles. The van der Waals surface area contributed by atoms with Gasteiger partial charge in [-0.15, -0.1) is 11.3 Å². The molecule has 5 nitrogen and oxygen atoms in total. The molecule has 0 bridgehead atoms. The van der Waals surface area contributed by atoms with Gasteiger partial charge in [-0.05, 0) is 23.9 Å². The molecule has 0 aliphatic carbocycles. The molecule has 1 saturated heterocycles. The van der Waals surface area contributed by atoms with Crippen molar-refractivity contribution in [1.29, 1.82) is 0 Å². The van der Waals surface area contributed by atoms with Gasteiger partial charge in [0.15, 0.2) is 0 Å². The number of benzene rings is 1. The Bertz CT molecular complexity index is 770. The zero-order valence-corrected chi connectivity index (χ0v) is 17.0. The smallest absolute Gasteiger partial charge is 0.209 e. The summed E-state index contributed by atoms with van der Waals surface area (Å²) in [5, 5.41) is 2.06. The van der Waals surface area contributed by atoms with Gasteiger partial charge in [-0.2, -0.15) is 0 Å². The van der Waals surface area contributed by atoms with E-state index in [9.17, 15) is 8.42 Å². The van der Waals surface area contributed by atoms with Crippen molar-refractivity contribution in [2.24, 2.45) is 0 Å². The van der Waals surface area contributed by atoms with Crippen LogP contribution in [0.5, 0.6) is 0 Å². The summed E-state index contributed by atoms with van der Waals surface area (Å²) in [6.45, 7) is 6.78. The number of nitrogens with zero attached hydrogens (tertiary/aromatic N) is 2. The van der Waals surface area contributed by atoms with E-state index < -0.39 is 10.0 Å². The Morgan fingerprint density at radius 3 is 2.35 bits per heavy atom. The van der Waals surface area contributed by atoms with Gasteiger partial charge < -0.3 is 0 Å². The van der Waals surface area contributed by atoms with E-state index in [-0.39, 0.29) is 12.1 Å². The Labute approximate surface area is 160 Å². The van der Waals surface area contributed by atoms with Crippen LogP contribution in [-0.4, -0.2) is 56.7 Å². The second-order valence-electron chi connectivity index (χ2n) is 6.94. The van der Waals surface area contributed by atoms with E-state index in [1.165, 1.54) is 16.7 Å². The van der Waals surface area contributed by atoms with Crippen molar-refractivity contribution in [3.63, 3.8) is 0 Å². The van der Waals surface area contributed by atoms with Gasteiger partial charge in [0.25, 0.3) is 0 Å². The predicted octanol–water partition coefficient (Wildman–Crippen LogP) is 2.54. The summed E-state index contributed by atoms with van der Waals surface area (Å²) in [5.74, 6) is 0. The van der Waals surface area contributed by atoms with Gasteiger partial charge >= 0.3 is 0 Å². The fourth-order valence-electron chi connectivity index (χ4n) is 3.65. The lowest BCUT2D eigenvalue weighted by atomic mass is 10.1. The first-order chi connectivity index (χ1) is 12.4. The van der Waals surface area contributed by atoms with E-state index >= 15 is 0 Å². The quantitative estimate of drug-likeness (QED) is 0.785. The molecule has 26 heavy (non-hydrogen) atoms. The number of hydrogen-bond acceptors (Lipinski definition) is 5. The molecule has 1 aromatic heterocycles. The van der Waals surface area contributed by atoms with Crippen LogP contribution in [0.3, 0.4) is 0 Å². The molecule has 3 rings (SSSR count). The highest BCUT2D eigenvalue weighted by atomic mass is 32.2. The van der Waals surface area contributed by atoms with Crippen molar-refractivity contribution in [1.82, 2.24) is 14.5 Å². The molecule has 2 aromatic rings. The molecule has 142 valence electrons. The van der Waals surface area contributed by atoms with E-state index in [0.29, 0.717) is 0 Å². The van der Waals surface area contributed by atoms with Crippen LogP contribution in [0.2, 0.25) is 0 Å². The fraction of sp³-hybridized carbons (Fsp3) is 0.474. The van der Waals surface area contributed by atoms with Crippen molar-refractivity contribution in [3.05, 3.63) is 58.3 Å². The number of thiophene rings is 1. The molecule has 1 N–H and O–H groups in total. The van der Waals surface area contributed by atoms with E-state index in [2.05, 4.69) is 50.2 Å². The lowest BCUT2D eigenvalue weighted by Crippen LogP contribution is -2.51. The maximum absolute atomic E-state index is 11.7. The highest BCUT2D eigenvalue weighted by molar-refractivity contribution is 7.88. The van der Waals surface area contributed by atoms with Gasteiger partial charge in [0.1, 0.15) is 0 Å². The summed E-state index contributed by atoms with van der Waals surface area (Å²) >= 11 is 1.69. The Morgan fingerprint density at radius 2 is 1.77 bits per heavy atom. The largest absolute Gasteiger partial charge is 0.297 e. The van der Waals surface area contributed by atoms with Crippen LogP contribution in [0.1, 0.15) is 23.4 Å². The highest BCUT2D eigenvalue weighted by Crippen LogP contribution is 2.29. The van der Waals surface area contributed by atoms with Gasteiger partial charge in [0.2, 0.25) is 10.0 Å². The number of piperazine rings is 1. The number of nitrogens with one attached hydrogen (secondary N) is 1. The average Bonchev–Trinajstić information content (AvgIpc) is 3.10. The second-order valence-corrected chi connectivity index (χ2v) is 9.70.